The van der Waals surface area contributed by atoms with E-state index >= 15 is 0 Å². The molecule has 0 fully saturated rings. The zero-order valence-corrected chi connectivity index (χ0v) is 6.09. The Bertz CT molecular complexity index is 74.9. The van der Waals surface area contributed by atoms with E-state index in [0.717, 1.165) is 0 Å². The molecule has 3 heteroatoms. The number of rotatable bonds is 3. The predicted molar refractivity (Wildman–Crippen MR) is 34.1 cm³/mol. The second kappa shape index (κ2) is 3.15. The molecular formula is C6H14O3. The lowest BCUT2D eigenvalue weighted by Crippen LogP contribution is -2.25. The molecule has 0 saturated heterocycles. The van der Waals surface area contributed by atoms with E-state index in [4.69, 9.17) is 10.4 Å². The van der Waals surface area contributed by atoms with Gasteiger partial charge in [0.1, 0.15) is 0 Å². The topological polar surface area (TPSA) is 49.7 Å². The van der Waals surface area contributed by atoms with Crippen LogP contribution in [0.2, 0.25) is 0 Å². The minimum absolute atomic E-state index is 0.301. The van der Waals surface area contributed by atoms with Crippen molar-refractivity contribution < 1.29 is 15.3 Å². The van der Waals surface area contributed by atoms with Crippen LogP contribution in [0, 0.1) is 0 Å². The lowest BCUT2D eigenvalue weighted by atomic mass is 10.0. The molecule has 0 radical (unpaired) electrons. The van der Waals surface area contributed by atoms with Crippen molar-refractivity contribution in [2.45, 2.75) is 38.9 Å². The van der Waals surface area contributed by atoms with Crippen LogP contribution in [0.4, 0.5) is 0 Å². The van der Waals surface area contributed by atoms with E-state index < -0.39 is 5.60 Å². The van der Waals surface area contributed by atoms with Crippen LogP contribution in [0.25, 0.3) is 0 Å². The Morgan fingerprint density at radius 2 is 2.00 bits per heavy atom. The van der Waals surface area contributed by atoms with Crippen LogP contribution in [0.5, 0.6) is 0 Å². The minimum atomic E-state index is -0.762. The zero-order chi connectivity index (χ0) is 7.49. The molecule has 0 heterocycles. The lowest BCUT2D eigenvalue weighted by Gasteiger charge is -2.19. The molecule has 0 aromatic rings. The Balaban J connectivity index is 3.47. The monoisotopic (exact) mass is 134 g/mol. The molecule has 3 nitrogen and oxygen atoms in total. The molecule has 0 bridgehead atoms. The molecule has 0 amide bonds. The van der Waals surface area contributed by atoms with Crippen molar-refractivity contribution in [3.8, 4) is 0 Å². The van der Waals surface area contributed by atoms with E-state index in [1.807, 2.05) is 0 Å². The molecule has 0 saturated carbocycles. The van der Waals surface area contributed by atoms with Gasteiger partial charge in [-0.1, -0.05) is 0 Å². The molecule has 0 aliphatic heterocycles. The summed E-state index contributed by atoms with van der Waals surface area (Å²) in [5.74, 6) is 0. The average molecular weight is 134 g/mol. The molecular weight excluding hydrogens is 120 g/mol. The summed E-state index contributed by atoms with van der Waals surface area (Å²) < 4.78 is 0. The van der Waals surface area contributed by atoms with Crippen molar-refractivity contribution in [3.63, 3.8) is 0 Å². The van der Waals surface area contributed by atoms with E-state index in [-0.39, 0.29) is 6.10 Å². The van der Waals surface area contributed by atoms with Crippen LogP contribution >= 0.6 is 0 Å². The SMILES string of the molecule is CC(CC(C)(C)O)OO. The largest absolute Gasteiger partial charge is 0.390 e. The second-order valence-electron chi connectivity index (χ2n) is 2.93. The van der Waals surface area contributed by atoms with Crippen LogP contribution < -0.4 is 0 Å². The second-order valence-corrected chi connectivity index (χ2v) is 2.93. The smallest absolute Gasteiger partial charge is 0.0926 e. The van der Waals surface area contributed by atoms with Crippen molar-refractivity contribution in [1.29, 1.82) is 0 Å². The fourth-order valence-corrected chi connectivity index (χ4v) is 0.741. The van der Waals surface area contributed by atoms with Crippen LogP contribution in [0.3, 0.4) is 0 Å². The van der Waals surface area contributed by atoms with Gasteiger partial charge in [0.05, 0.1) is 11.7 Å². The first-order chi connectivity index (χ1) is 3.95. The summed E-state index contributed by atoms with van der Waals surface area (Å²) in [5.41, 5.74) is -0.762. The van der Waals surface area contributed by atoms with Gasteiger partial charge in [-0.05, 0) is 20.8 Å². The van der Waals surface area contributed by atoms with Gasteiger partial charge in [-0.15, -0.1) is 0 Å². The molecule has 0 rings (SSSR count). The Morgan fingerprint density at radius 3 is 2.11 bits per heavy atom. The van der Waals surface area contributed by atoms with Crippen molar-refractivity contribution in [2.24, 2.45) is 0 Å². The lowest BCUT2D eigenvalue weighted by molar-refractivity contribution is -0.281. The van der Waals surface area contributed by atoms with E-state index in [1.165, 1.54) is 0 Å². The molecule has 1 unspecified atom stereocenters. The maximum absolute atomic E-state index is 9.13. The number of hydrogen-bond acceptors (Lipinski definition) is 3. The van der Waals surface area contributed by atoms with Gasteiger partial charge in [0.15, 0.2) is 0 Å². The van der Waals surface area contributed by atoms with E-state index in [2.05, 4.69) is 4.89 Å². The number of hydrogen-bond donors (Lipinski definition) is 2. The minimum Gasteiger partial charge on any atom is -0.390 e. The summed E-state index contributed by atoms with van der Waals surface area (Å²) in [6.07, 6.45) is 0.133. The summed E-state index contributed by atoms with van der Waals surface area (Å²) in [7, 11) is 0. The third-order valence-electron chi connectivity index (χ3n) is 0.967. The van der Waals surface area contributed by atoms with Crippen molar-refractivity contribution in [1.82, 2.24) is 0 Å². The van der Waals surface area contributed by atoms with Gasteiger partial charge in [-0.3, -0.25) is 5.26 Å². The summed E-state index contributed by atoms with van der Waals surface area (Å²) in [4.78, 5) is 3.97. The average Bonchev–Trinajstić information content (AvgIpc) is 1.62. The van der Waals surface area contributed by atoms with Gasteiger partial charge >= 0.3 is 0 Å². The molecule has 0 aromatic heterocycles. The Kier molecular flexibility index (Phi) is 3.11. The molecule has 0 aliphatic carbocycles. The summed E-state index contributed by atoms with van der Waals surface area (Å²) in [6, 6.07) is 0. The summed E-state index contributed by atoms with van der Waals surface area (Å²) in [6.45, 7) is 5.03. The molecule has 1 atom stereocenters. The van der Waals surface area contributed by atoms with Gasteiger partial charge in [0, 0.05) is 6.42 Å². The Labute approximate surface area is 55.2 Å². The first-order valence-electron chi connectivity index (χ1n) is 2.98. The van der Waals surface area contributed by atoms with E-state index in [1.54, 1.807) is 20.8 Å². The fourth-order valence-electron chi connectivity index (χ4n) is 0.741. The Morgan fingerprint density at radius 1 is 1.56 bits per heavy atom. The van der Waals surface area contributed by atoms with E-state index in [9.17, 15) is 0 Å². The molecule has 2 N–H and O–H groups in total. The van der Waals surface area contributed by atoms with Gasteiger partial charge in [0.25, 0.3) is 0 Å². The highest BCUT2D eigenvalue weighted by Gasteiger charge is 2.17. The van der Waals surface area contributed by atoms with Crippen LogP contribution in [-0.2, 0) is 4.89 Å². The summed E-state index contributed by atoms with van der Waals surface area (Å²) in [5, 5.41) is 17.2. The predicted octanol–water partition coefficient (Wildman–Crippen LogP) is 1.03. The maximum Gasteiger partial charge on any atom is 0.0926 e. The van der Waals surface area contributed by atoms with Gasteiger partial charge < -0.3 is 5.11 Å². The molecule has 0 aromatic carbocycles. The molecule has 0 aliphatic rings. The first kappa shape index (κ1) is 8.88. The highest BCUT2D eigenvalue weighted by Crippen LogP contribution is 2.11. The highest BCUT2D eigenvalue weighted by atomic mass is 17.1. The van der Waals surface area contributed by atoms with Gasteiger partial charge in [-0.2, -0.15) is 0 Å². The summed E-state index contributed by atoms with van der Waals surface area (Å²) >= 11 is 0. The van der Waals surface area contributed by atoms with Crippen molar-refractivity contribution in [2.75, 3.05) is 0 Å². The van der Waals surface area contributed by atoms with E-state index in [0.29, 0.717) is 6.42 Å². The maximum atomic E-state index is 9.13. The molecule has 56 valence electrons. The standard InChI is InChI=1S/C6H14O3/c1-5(9-8)4-6(2,3)7/h5,7-8H,4H2,1-3H3. The third-order valence-corrected chi connectivity index (χ3v) is 0.967. The third kappa shape index (κ3) is 5.76. The normalized spacial score (nSPS) is 15.7. The van der Waals surface area contributed by atoms with Crippen LogP contribution in [0.15, 0.2) is 0 Å². The zero-order valence-electron chi connectivity index (χ0n) is 6.09. The van der Waals surface area contributed by atoms with Crippen molar-refractivity contribution >= 4 is 0 Å². The first-order valence-corrected chi connectivity index (χ1v) is 2.98. The number of aliphatic hydroxyl groups is 1. The molecule has 0 spiro atoms. The van der Waals surface area contributed by atoms with Crippen molar-refractivity contribution in [3.05, 3.63) is 0 Å². The highest BCUT2D eigenvalue weighted by molar-refractivity contribution is 4.67. The Hall–Kier alpha value is -0.120. The van der Waals surface area contributed by atoms with Gasteiger partial charge in [0.2, 0.25) is 0 Å². The van der Waals surface area contributed by atoms with Crippen LogP contribution in [0.1, 0.15) is 27.2 Å². The van der Waals surface area contributed by atoms with Gasteiger partial charge in [-0.25, -0.2) is 4.89 Å². The fraction of sp³-hybridized carbons (Fsp3) is 1.00. The van der Waals surface area contributed by atoms with Crippen LogP contribution in [-0.4, -0.2) is 22.1 Å². The molecule has 9 heavy (non-hydrogen) atoms. The quantitative estimate of drug-likeness (QED) is 0.447.